The fourth-order valence-electron chi connectivity index (χ4n) is 4.62. The van der Waals surface area contributed by atoms with Crippen molar-refractivity contribution in [3.63, 3.8) is 0 Å². The molecule has 0 aromatic heterocycles. The van der Waals surface area contributed by atoms with Gasteiger partial charge >= 0.3 is 0 Å². The van der Waals surface area contributed by atoms with Crippen molar-refractivity contribution >= 4 is 5.91 Å². The molecule has 1 amide bonds. The molecule has 3 nitrogen and oxygen atoms in total. The summed E-state index contributed by atoms with van der Waals surface area (Å²) in [6.45, 7) is 7.04. The first-order valence-corrected chi connectivity index (χ1v) is 8.33. The average molecular weight is 301 g/mol. The highest BCUT2D eigenvalue weighted by atomic mass is 16.5. The Morgan fingerprint density at radius 2 is 1.95 bits per heavy atom. The number of fused-ring (bicyclic) bond motifs is 2. The summed E-state index contributed by atoms with van der Waals surface area (Å²) in [6.07, 6.45) is 1.91. The van der Waals surface area contributed by atoms with Gasteiger partial charge in [-0.3, -0.25) is 4.79 Å². The van der Waals surface area contributed by atoms with Crippen LogP contribution in [0.25, 0.3) is 0 Å². The number of amides is 1. The molecule has 1 unspecified atom stereocenters. The molecule has 3 fully saturated rings. The molecule has 2 bridgehead atoms. The standard InChI is InChI=1S/C19H27NO2/c1-12-15-10-14(19(15,2)3)11-16(12)20-18(21)17(22-4)13-8-6-5-7-9-13/h5-9,12,14-17H,10-11H2,1-4H3,(H,20,21)/t12-,14+,15-,16-,17?/m1/s1. The lowest BCUT2D eigenvalue weighted by atomic mass is 9.45. The zero-order chi connectivity index (χ0) is 15.9. The van der Waals surface area contributed by atoms with E-state index in [0.29, 0.717) is 11.3 Å². The van der Waals surface area contributed by atoms with Gasteiger partial charge in [0.05, 0.1) is 0 Å². The molecule has 3 saturated carbocycles. The topological polar surface area (TPSA) is 38.3 Å². The van der Waals surface area contributed by atoms with Gasteiger partial charge in [-0.15, -0.1) is 0 Å². The lowest BCUT2D eigenvalue weighted by Crippen LogP contribution is -2.61. The summed E-state index contributed by atoms with van der Waals surface area (Å²) in [5, 5.41) is 3.25. The number of methoxy groups -OCH3 is 1. The van der Waals surface area contributed by atoms with Crippen LogP contribution >= 0.6 is 0 Å². The zero-order valence-corrected chi connectivity index (χ0v) is 14.0. The quantitative estimate of drug-likeness (QED) is 0.923. The summed E-state index contributed by atoms with van der Waals surface area (Å²) < 4.78 is 5.44. The Kier molecular flexibility index (Phi) is 4.02. The van der Waals surface area contributed by atoms with Crippen LogP contribution in [0.5, 0.6) is 0 Å². The van der Waals surface area contributed by atoms with E-state index in [1.54, 1.807) is 7.11 Å². The largest absolute Gasteiger partial charge is 0.367 e. The third-order valence-electron chi connectivity index (χ3n) is 6.26. The van der Waals surface area contributed by atoms with Gasteiger partial charge in [0.2, 0.25) is 0 Å². The Balaban J connectivity index is 1.67. The first-order chi connectivity index (χ1) is 10.4. The number of rotatable bonds is 4. The summed E-state index contributed by atoms with van der Waals surface area (Å²) in [5.41, 5.74) is 1.36. The van der Waals surface area contributed by atoms with Crippen LogP contribution in [-0.2, 0) is 9.53 Å². The van der Waals surface area contributed by atoms with Gasteiger partial charge in [-0.25, -0.2) is 0 Å². The predicted molar refractivity (Wildman–Crippen MR) is 87.3 cm³/mol. The van der Waals surface area contributed by atoms with Gasteiger partial charge < -0.3 is 10.1 Å². The molecular weight excluding hydrogens is 274 g/mol. The maximum absolute atomic E-state index is 12.6. The van der Waals surface area contributed by atoms with E-state index >= 15 is 0 Å². The molecular formula is C19H27NO2. The van der Waals surface area contributed by atoms with Gasteiger partial charge in [-0.05, 0) is 41.6 Å². The first kappa shape index (κ1) is 15.5. The molecule has 5 atom stereocenters. The minimum atomic E-state index is -0.514. The third kappa shape index (κ3) is 2.45. The predicted octanol–water partition coefficient (Wildman–Crippen LogP) is 3.56. The van der Waals surface area contributed by atoms with Crippen LogP contribution in [0, 0.1) is 23.2 Å². The highest BCUT2D eigenvalue weighted by Gasteiger charge is 2.56. The second-order valence-corrected chi connectivity index (χ2v) is 7.60. The average Bonchev–Trinajstić information content (AvgIpc) is 2.50. The van der Waals surface area contributed by atoms with E-state index in [4.69, 9.17) is 4.74 Å². The number of nitrogens with one attached hydrogen (secondary N) is 1. The number of benzene rings is 1. The summed E-state index contributed by atoms with van der Waals surface area (Å²) in [7, 11) is 1.60. The third-order valence-corrected chi connectivity index (χ3v) is 6.26. The molecule has 1 aromatic carbocycles. The molecule has 3 heteroatoms. The van der Waals surface area contributed by atoms with Gasteiger partial charge in [0.25, 0.3) is 5.91 Å². The first-order valence-electron chi connectivity index (χ1n) is 8.33. The Labute approximate surface area is 133 Å². The molecule has 120 valence electrons. The molecule has 1 N–H and O–H groups in total. The molecule has 1 aromatic rings. The van der Waals surface area contributed by atoms with Crippen molar-refractivity contribution in [1.82, 2.24) is 5.32 Å². The van der Waals surface area contributed by atoms with E-state index in [1.165, 1.54) is 6.42 Å². The Morgan fingerprint density at radius 1 is 1.27 bits per heavy atom. The zero-order valence-electron chi connectivity index (χ0n) is 14.0. The SMILES string of the molecule is COC(C(=O)N[C@@H]1C[C@@H]2C[C@H]([C@H]1C)C2(C)C)c1ccccc1. The van der Waals surface area contributed by atoms with Crippen molar-refractivity contribution in [3.05, 3.63) is 35.9 Å². The summed E-state index contributed by atoms with van der Waals surface area (Å²) in [4.78, 5) is 12.6. The van der Waals surface area contributed by atoms with E-state index < -0.39 is 6.10 Å². The summed E-state index contributed by atoms with van der Waals surface area (Å²) in [5.74, 6) is 2.01. The fourth-order valence-corrected chi connectivity index (χ4v) is 4.62. The van der Waals surface area contributed by atoms with Crippen LogP contribution in [0.3, 0.4) is 0 Å². The van der Waals surface area contributed by atoms with Crippen molar-refractivity contribution in [2.24, 2.45) is 23.2 Å². The summed E-state index contributed by atoms with van der Waals surface area (Å²) in [6, 6.07) is 10.0. The van der Waals surface area contributed by atoms with Gasteiger partial charge in [0.1, 0.15) is 0 Å². The van der Waals surface area contributed by atoms with E-state index in [9.17, 15) is 4.79 Å². The van der Waals surface area contributed by atoms with Crippen LogP contribution in [-0.4, -0.2) is 19.1 Å². The molecule has 0 saturated heterocycles. The van der Waals surface area contributed by atoms with E-state index in [1.807, 2.05) is 30.3 Å². The smallest absolute Gasteiger partial charge is 0.253 e. The molecule has 0 aliphatic heterocycles. The number of carbonyl (C=O) groups is 1. The van der Waals surface area contributed by atoms with E-state index in [0.717, 1.165) is 23.8 Å². The number of hydrogen-bond acceptors (Lipinski definition) is 2. The molecule has 3 aliphatic carbocycles. The van der Waals surface area contributed by atoms with E-state index in [2.05, 4.69) is 26.1 Å². The lowest BCUT2D eigenvalue weighted by Gasteiger charge is -2.62. The minimum absolute atomic E-state index is 0.00958. The highest BCUT2D eigenvalue weighted by molar-refractivity contribution is 5.82. The molecule has 3 aliphatic rings. The van der Waals surface area contributed by atoms with Crippen molar-refractivity contribution in [2.45, 2.75) is 45.8 Å². The minimum Gasteiger partial charge on any atom is -0.367 e. The number of ether oxygens (including phenoxy) is 1. The lowest BCUT2D eigenvalue weighted by molar-refractivity contribution is -0.141. The Bertz CT molecular complexity index is 540. The maximum Gasteiger partial charge on any atom is 0.253 e. The van der Waals surface area contributed by atoms with Gasteiger partial charge in [0, 0.05) is 13.2 Å². The van der Waals surface area contributed by atoms with E-state index in [-0.39, 0.29) is 11.9 Å². The Hall–Kier alpha value is -1.35. The number of hydrogen-bond donors (Lipinski definition) is 1. The summed E-state index contributed by atoms with van der Waals surface area (Å²) >= 11 is 0. The molecule has 0 heterocycles. The number of carbonyl (C=O) groups excluding carboxylic acids is 1. The van der Waals surface area contributed by atoms with Crippen LogP contribution in [0.4, 0.5) is 0 Å². The van der Waals surface area contributed by atoms with Crippen molar-refractivity contribution in [2.75, 3.05) is 7.11 Å². The van der Waals surface area contributed by atoms with Crippen molar-refractivity contribution < 1.29 is 9.53 Å². The maximum atomic E-state index is 12.6. The van der Waals surface area contributed by atoms with Crippen LogP contribution in [0.2, 0.25) is 0 Å². The van der Waals surface area contributed by atoms with Crippen molar-refractivity contribution in [1.29, 1.82) is 0 Å². The van der Waals surface area contributed by atoms with Crippen molar-refractivity contribution in [3.8, 4) is 0 Å². The normalized spacial score (nSPS) is 33.6. The Morgan fingerprint density at radius 3 is 2.50 bits per heavy atom. The molecule has 22 heavy (non-hydrogen) atoms. The van der Waals surface area contributed by atoms with Crippen LogP contribution < -0.4 is 5.32 Å². The highest BCUT2D eigenvalue weighted by Crippen LogP contribution is 2.61. The second kappa shape index (κ2) is 5.69. The van der Waals surface area contributed by atoms with Crippen LogP contribution in [0.1, 0.15) is 45.3 Å². The second-order valence-electron chi connectivity index (χ2n) is 7.60. The molecule has 0 radical (unpaired) electrons. The monoisotopic (exact) mass is 301 g/mol. The fraction of sp³-hybridized carbons (Fsp3) is 0.632. The molecule has 4 rings (SSSR count). The van der Waals surface area contributed by atoms with Gasteiger partial charge in [-0.1, -0.05) is 51.1 Å². The van der Waals surface area contributed by atoms with Gasteiger partial charge in [0.15, 0.2) is 6.10 Å². The molecule has 0 spiro atoms. The van der Waals surface area contributed by atoms with Gasteiger partial charge in [-0.2, -0.15) is 0 Å². The van der Waals surface area contributed by atoms with Crippen LogP contribution in [0.15, 0.2) is 30.3 Å².